The van der Waals surface area contributed by atoms with Crippen molar-refractivity contribution in [3.8, 4) is 11.1 Å². The molecule has 1 aliphatic heterocycles. The van der Waals surface area contributed by atoms with E-state index in [1.165, 1.54) is 29.4 Å². The molecule has 0 radical (unpaired) electrons. The van der Waals surface area contributed by atoms with Crippen LogP contribution in [0.1, 0.15) is 57.2 Å². The third-order valence-corrected chi connectivity index (χ3v) is 5.59. The Bertz CT molecular complexity index is 1080. The smallest absolute Gasteiger partial charge is 0.226 e. The zero-order valence-electron chi connectivity index (χ0n) is 18.0. The van der Waals surface area contributed by atoms with Gasteiger partial charge in [-0.05, 0) is 62.1 Å². The van der Waals surface area contributed by atoms with Crippen LogP contribution in [-0.4, -0.2) is 21.7 Å². The molecule has 5 rings (SSSR count). The number of amides is 1. The summed E-state index contributed by atoms with van der Waals surface area (Å²) in [6.45, 7) is 8.12. The second-order valence-electron chi connectivity index (χ2n) is 8.05. The van der Waals surface area contributed by atoms with Crippen LogP contribution in [0.2, 0.25) is 0 Å². The van der Waals surface area contributed by atoms with Gasteiger partial charge in [-0.1, -0.05) is 19.9 Å². The van der Waals surface area contributed by atoms with Gasteiger partial charge < -0.3 is 10.6 Å². The Morgan fingerprint density at radius 1 is 1.14 bits per heavy atom. The Morgan fingerprint density at radius 3 is 2.62 bits per heavy atom. The van der Waals surface area contributed by atoms with E-state index in [4.69, 9.17) is 5.10 Å². The molecule has 0 bridgehead atoms. The van der Waals surface area contributed by atoms with E-state index in [2.05, 4.69) is 41.8 Å². The molecule has 1 aliphatic carbocycles. The average molecular weight is 391 g/mol. The second kappa shape index (κ2) is 7.54. The molecular formula is C24H30N4O. The highest BCUT2D eigenvalue weighted by atomic mass is 16.1. The molecule has 2 heterocycles. The predicted octanol–water partition coefficient (Wildman–Crippen LogP) is 5.59. The largest absolute Gasteiger partial charge is 0.380 e. The first-order valence-electron chi connectivity index (χ1n) is 10.7. The second-order valence-corrected chi connectivity index (χ2v) is 8.05. The Hall–Kier alpha value is -2.82. The normalized spacial score (nSPS) is 18.2. The summed E-state index contributed by atoms with van der Waals surface area (Å²) in [6.07, 6.45) is 2.95. The van der Waals surface area contributed by atoms with E-state index in [0.717, 1.165) is 28.1 Å². The lowest BCUT2D eigenvalue weighted by atomic mass is 9.97. The Labute approximate surface area is 172 Å². The van der Waals surface area contributed by atoms with Gasteiger partial charge in [-0.2, -0.15) is 5.10 Å². The maximum atomic E-state index is 12.2. The van der Waals surface area contributed by atoms with Crippen LogP contribution in [0.5, 0.6) is 0 Å². The molecule has 29 heavy (non-hydrogen) atoms. The first-order chi connectivity index (χ1) is 14.0. The predicted molar refractivity (Wildman–Crippen MR) is 121 cm³/mol. The number of aryl methyl sites for hydroxylation is 2. The van der Waals surface area contributed by atoms with Gasteiger partial charge in [-0.15, -0.1) is 0 Å². The van der Waals surface area contributed by atoms with E-state index in [1.807, 2.05) is 38.6 Å². The highest BCUT2D eigenvalue weighted by Gasteiger charge is 2.29. The van der Waals surface area contributed by atoms with E-state index in [0.29, 0.717) is 12.3 Å². The number of fused-ring (bicyclic) bond motifs is 2. The van der Waals surface area contributed by atoms with Gasteiger partial charge in [-0.25, -0.2) is 0 Å². The van der Waals surface area contributed by atoms with Crippen LogP contribution >= 0.6 is 0 Å². The van der Waals surface area contributed by atoms with E-state index in [1.54, 1.807) is 0 Å². The number of anilines is 2. The number of rotatable bonds is 2. The molecule has 1 atom stereocenters. The Balaban J connectivity index is 0.000000994. The fourth-order valence-electron chi connectivity index (χ4n) is 4.16. The molecule has 3 aromatic rings. The van der Waals surface area contributed by atoms with Crippen molar-refractivity contribution >= 4 is 28.2 Å². The van der Waals surface area contributed by atoms with Crippen LogP contribution in [0.3, 0.4) is 0 Å². The van der Waals surface area contributed by atoms with Crippen molar-refractivity contribution in [1.29, 1.82) is 0 Å². The number of carbonyl (C=O) groups is 1. The zero-order chi connectivity index (χ0) is 20.7. The molecule has 2 N–H and O–H groups in total. The minimum atomic E-state index is 0.0593. The molecule has 0 saturated heterocycles. The van der Waals surface area contributed by atoms with Gasteiger partial charge >= 0.3 is 0 Å². The topological polar surface area (TPSA) is 59.0 Å². The van der Waals surface area contributed by atoms with E-state index < -0.39 is 0 Å². The molecule has 0 spiro atoms. The highest BCUT2D eigenvalue weighted by molar-refractivity contribution is 6.01. The number of benzene rings is 2. The molecule has 5 heteroatoms. The SMILES string of the molecule is CC.Cc1cc2c(c(-c3ccc4c(c3)c(C3CC3)nn4C)c1)NC(C)CC(=O)N2. The first-order valence-corrected chi connectivity index (χ1v) is 10.7. The van der Waals surface area contributed by atoms with Crippen molar-refractivity contribution in [2.24, 2.45) is 7.05 Å². The maximum Gasteiger partial charge on any atom is 0.226 e. The molecule has 1 unspecified atom stereocenters. The molecule has 2 aliphatic rings. The molecule has 1 aromatic heterocycles. The summed E-state index contributed by atoms with van der Waals surface area (Å²) in [6, 6.07) is 10.9. The molecule has 1 fully saturated rings. The van der Waals surface area contributed by atoms with Gasteiger partial charge in [0.25, 0.3) is 0 Å². The highest BCUT2D eigenvalue weighted by Crippen LogP contribution is 2.44. The van der Waals surface area contributed by atoms with Crippen LogP contribution in [-0.2, 0) is 11.8 Å². The summed E-state index contributed by atoms with van der Waals surface area (Å²) >= 11 is 0. The average Bonchev–Trinajstić information content (AvgIpc) is 3.50. The van der Waals surface area contributed by atoms with Gasteiger partial charge in [0.1, 0.15) is 0 Å². The fraction of sp³-hybridized carbons (Fsp3) is 0.417. The lowest BCUT2D eigenvalue weighted by molar-refractivity contribution is -0.116. The third kappa shape index (κ3) is 3.61. The van der Waals surface area contributed by atoms with Crippen LogP contribution in [0, 0.1) is 6.92 Å². The number of carbonyl (C=O) groups excluding carboxylic acids is 1. The van der Waals surface area contributed by atoms with E-state index in [-0.39, 0.29) is 11.9 Å². The van der Waals surface area contributed by atoms with Crippen molar-refractivity contribution in [2.75, 3.05) is 10.6 Å². The van der Waals surface area contributed by atoms with Crippen molar-refractivity contribution in [2.45, 2.75) is 58.9 Å². The van der Waals surface area contributed by atoms with Crippen LogP contribution < -0.4 is 10.6 Å². The number of nitrogens with one attached hydrogen (secondary N) is 2. The fourth-order valence-corrected chi connectivity index (χ4v) is 4.16. The standard InChI is InChI=1S/C22H24N4O.C2H6/c1-12-8-16(22-18(9-12)24-20(27)10-13(2)23-22)15-6-7-19-17(11-15)21(14-4-5-14)25-26(19)3;1-2/h6-9,11,13-14,23H,4-5,10H2,1-3H3,(H,24,27);1-2H3. The van der Waals surface area contributed by atoms with Crippen LogP contribution in [0.25, 0.3) is 22.0 Å². The van der Waals surface area contributed by atoms with Crippen molar-refractivity contribution in [3.63, 3.8) is 0 Å². The van der Waals surface area contributed by atoms with Gasteiger partial charge in [0, 0.05) is 36.4 Å². The molecule has 2 aromatic carbocycles. The van der Waals surface area contributed by atoms with Crippen molar-refractivity contribution in [3.05, 3.63) is 41.6 Å². The molecule has 152 valence electrons. The summed E-state index contributed by atoms with van der Waals surface area (Å²) < 4.78 is 1.99. The molecule has 5 nitrogen and oxygen atoms in total. The molecule has 1 saturated carbocycles. The van der Waals surface area contributed by atoms with E-state index in [9.17, 15) is 4.79 Å². The number of hydrogen-bond acceptors (Lipinski definition) is 3. The van der Waals surface area contributed by atoms with Crippen molar-refractivity contribution in [1.82, 2.24) is 9.78 Å². The van der Waals surface area contributed by atoms with Crippen LogP contribution in [0.4, 0.5) is 11.4 Å². The summed E-state index contributed by atoms with van der Waals surface area (Å²) in [5.41, 5.74) is 7.70. The number of nitrogens with zero attached hydrogens (tertiary/aromatic N) is 2. The summed E-state index contributed by atoms with van der Waals surface area (Å²) in [5, 5.41) is 12.6. The first kappa shape index (κ1) is 19.5. The Morgan fingerprint density at radius 2 is 1.90 bits per heavy atom. The minimum absolute atomic E-state index is 0.0593. The lowest BCUT2D eigenvalue weighted by Gasteiger charge is -2.18. The minimum Gasteiger partial charge on any atom is -0.380 e. The van der Waals surface area contributed by atoms with Gasteiger partial charge in [0.05, 0.1) is 22.6 Å². The summed E-state index contributed by atoms with van der Waals surface area (Å²) in [4.78, 5) is 12.2. The monoisotopic (exact) mass is 390 g/mol. The number of aromatic nitrogens is 2. The maximum absolute atomic E-state index is 12.2. The summed E-state index contributed by atoms with van der Waals surface area (Å²) in [7, 11) is 2.02. The molecular weight excluding hydrogens is 360 g/mol. The van der Waals surface area contributed by atoms with Crippen LogP contribution in [0.15, 0.2) is 30.3 Å². The van der Waals surface area contributed by atoms with Crippen molar-refractivity contribution < 1.29 is 4.79 Å². The zero-order valence-corrected chi connectivity index (χ0v) is 18.0. The quantitative estimate of drug-likeness (QED) is 0.599. The van der Waals surface area contributed by atoms with Gasteiger partial charge in [0.15, 0.2) is 0 Å². The van der Waals surface area contributed by atoms with Gasteiger partial charge in [0.2, 0.25) is 5.91 Å². The lowest BCUT2D eigenvalue weighted by Crippen LogP contribution is -2.19. The molecule has 1 amide bonds. The van der Waals surface area contributed by atoms with Gasteiger partial charge in [-0.3, -0.25) is 9.48 Å². The van der Waals surface area contributed by atoms with E-state index >= 15 is 0 Å². The third-order valence-electron chi connectivity index (χ3n) is 5.59. The number of hydrogen-bond donors (Lipinski definition) is 2. The Kier molecular flexibility index (Phi) is 5.07. The summed E-state index contributed by atoms with van der Waals surface area (Å²) in [5.74, 6) is 0.667.